The summed E-state index contributed by atoms with van der Waals surface area (Å²) in [6.07, 6.45) is -8.37. The van der Waals surface area contributed by atoms with Crippen LogP contribution in [0.25, 0.3) is 0 Å². The molecule has 1 rings (SSSR count). The van der Waals surface area contributed by atoms with Crippen LogP contribution in [0.1, 0.15) is 6.92 Å². The molecule has 128 valence electrons. The lowest BCUT2D eigenvalue weighted by molar-refractivity contribution is -0.273. The maximum absolute atomic E-state index is 14.3. The number of nitrogens with two attached hydrogens (primary N) is 2. The van der Waals surface area contributed by atoms with E-state index in [1.807, 2.05) is 0 Å². The molecule has 1 fully saturated rings. The van der Waals surface area contributed by atoms with Crippen molar-refractivity contribution in [3.05, 3.63) is 0 Å². The van der Waals surface area contributed by atoms with Gasteiger partial charge in [-0.15, -0.1) is 0 Å². The van der Waals surface area contributed by atoms with Crippen molar-refractivity contribution < 1.29 is 38.7 Å². The number of rotatable bonds is 5. The van der Waals surface area contributed by atoms with E-state index >= 15 is 0 Å². The number of aliphatic hydroxyl groups is 3. The normalized spacial score (nSPS) is 39.3. The van der Waals surface area contributed by atoms with Gasteiger partial charge in [-0.3, -0.25) is 4.99 Å². The lowest BCUT2D eigenvalue weighted by Gasteiger charge is -2.44. The first-order valence-corrected chi connectivity index (χ1v) is 6.32. The lowest BCUT2D eigenvalue weighted by atomic mass is 9.87. The summed E-state index contributed by atoms with van der Waals surface area (Å²) in [6, 6.07) is -3.27. The van der Waals surface area contributed by atoms with E-state index in [1.165, 1.54) is 6.92 Å². The van der Waals surface area contributed by atoms with Crippen LogP contribution in [0, 0.1) is 0 Å². The van der Waals surface area contributed by atoms with Gasteiger partial charge < -0.3 is 36.6 Å². The smallest absolute Gasteiger partial charge is 0.372 e. The van der Waals surface area contributed by atoms with Crippen molar-refractivity contribution in [3.63, 3.8) is 0 Å². The van der Waals surface area contributed by atoms with Crippen molar-refractivity contribution in [1.29, 1.82) is 0 Å². The van der Waals surface area contributed by atoms with Gasteiger partial charge in [-0.05, 0) is 6.92 Å². The van der Waals surface area contributed by atoms with E-state index in [0.29, 0.717) is 0 Å². The summed E-state index contributed by atoms with van der Waals surface area (Å²) in [5, 5.41) is 36.8. The summed E-state index contributed by atoms with van der Waals surface area (Å²) in [5.41, 5.74) is 10.9. The van der Waals surface area contributed by atoms with Gasteiger partial charge in [-0.2, -0.15) is 4.39 Å². The molecule has 9 nitrogen and oxygen atoms in total. The number of ether oxygens (including phenoxy) is 1. The number of alkyl halides is 2. The molecule has 0 bridgehead atoms. The van der Waals surface area contributed by atoms with E-state index in [2.05, 4.69) is 9.73 Å². The van der Waals surface area contributed by atoms with Gasteiger partial charge in [0.05, 0.1) is 18.5 Å². The summed E-state index contributed by atoms with van der Waals surface area (Å²) in [5.74, 6) is -6.30. The number of hydrogen-bond acceptors (Lipinski definition) is 7. The highest BCUT2D eigenvalue weighted by atomic mass is 19.2. The Morgan fingerprint density at radius 3 is 2.45 bits per heavy atom. The quantitative estimate of drug-likeness (QED) is 0.233. The third-order valence-corrected chi connectivity index (χ3v) is 3.30. The highest BCUT2D eigenvalue weighted by Gasteiger charge is 2.62. The van der Waals surface area contributed by atoms with Crippen LogP contribution >= 0.6 is 0 Å². The fraction of sp³-hybridized carbons (Fsp3) is 0.818. The number of halogens is 2. The van der Waals surface area contributed by atoms with Crippen LogP contribution in [0.4, 0.5) is 8.78 Å². The van der Waals surface area contributed by atoms with Gasteiger partial charge in [0.25, 0.3) is 0 Å². The van der Waals surface area contributed by atoms with E-state index in [1.54, 1.807) is 0 Å². The molecular formula is C11H19F2N3O6. The van der Waals surface area contributed by atoms with E-state index < -0.39 is 55.0 Å². The molecule has 7 atom stereocenters. The highest BCUT2D eigenvalue weighted by molar-refractivity contribution is 5.79. The SMILES string of the molecule is CC(N)=NC1C(N)C([C@H](O)[C@H](O)CO)OC(F)(C(=O)O)C1F. The van der Waals surface area contributed by atoms with Gasteiger partial charge in [0.15, 0.2) is 6.17 Å². The van der Waals surface area contributed by atoms with E-state index in [-0.39, 0.29) is 5.84 Å². The van der Waals surface area contributed by atoms with Crippen LogP contribution in [-0.2, 0) is 9.53 Å². The van der Waals surface area contributed by atoms with Crippen molar-refractivity contribution in [2.24, 2.45) is 16.5 Å². The molecule has 1 saturated heterocycles. The van der Waals surface area contributed by atoms with E-state index in [0.717, 1.165) is 0 Å². The van der Waals surface area contributed by atoms with Crippen LogP contribution in [0.3, 0.4) is 0 Å². The molecule has 8 N–H and O–H groups in total. The molecule has 11 heteroatoms. The molecule has 1 aliphatic heterocycles. The van der Waals surface area contributed by atoms with E-state index in [4.69, 9.17) is 21.7 Å². The second-order valence-electron chi connectivity index (χ2n) is 5.01. The van der Waals surface area contributed by atoms with Gasteiger partial charge >= 0.3 is 11.8 Å². The predicted molar refractivity (Wildman–Crippen MR) is 69.4 cm³/mol. The van der Waals surface area contributed by atoms with Crippen molar-refractivity contribution in [1.82, 2.24) is 0 Å². The first kappa shape index (κ1) is 18.6. The van der Waals surface area contributed by atoms with Gasteiger partial charge in [0, 0.05) is 0 Å². The average Bonchev–Trinajstić information content (AvgIpc) is 2.45. The van der Waals surface area contributed by atoms with Crippen molar-refractivity contribution in [2.75, 3.05) is 6.61 Å². The number of carboxylic acid groups (broad SMARTS) is 1. The Labute approximate surface area is 124 Å². The number of nitrogens with zero attached hydrogens (tertiary/aromatic N) is 1. The minimum atomic E-state index is -3.83. The Morgan fingerprint density at radius 1 is 1.50 bits per heavy atom. The van der Waals surface area contributed by atoms with Gasteiger partial charge in [-0.1, -0.05) is 0 Å². The third kappa shape index (κ3) is 3.33. The molecule has 0 aliphatic carbocycles. The van der Waals surface area contributed by atoms with Gasteiger partial charge in [0.2, 0.25) is 0 Å². The second kappa shape index (κ2) is 6.79. The fourth-order valence-corrected chi connectivity index (χ4v) is 2.13. The van der Waals surface area contributed by atoms with Crippen molar-refractivity contribution in [2.45, 2.75) is 49.3 Å². The molecular weight excluding hydrogens is 308 g/mol. The zero-order chi connectivity index (χ0) is 17.2. The molecule has 0 aromatic rings. The largest absolute Gasteiger partial charge is 0.477 e. The zero-order valence-electron chi connectivity index (χ0n) is 11.6. The Morgan fingerprint density at radius 2 is 2.05 bits per heavy atom. The molecule has 1 heterocycles. The Balaban J connectivity index is 3.25. The van der Waals surface area contributed by atoms with Crippen LogP contribution in [0.2, 0.25) is 0 Å². The van der Waals surface area contributed by atoms with Gasteiger partial charge in [0.1, 0.15) is 24.4 Å². The standard InChI is InChI=1S/C11H19F2N3O6/c1-3(14)16-6-5(15)8(7(19)4(18)2-17)22-11(13,9(6)12)10(20)21/h4-9,17-19H,2,15H2,1H3,(H2,14,16)(H,20,21)/t4-,5?,6?,7-,8?,9?,11?/m1/s1. The molecule has 0 amide bonds. The molecule has 5 unspecified atom stereocenters. The number of hydrogen-bond donors (Lipinski definition) is 6. The zero-order valence-corrected chi connectivity index (χ0v) is 11.6. The van der Waals surface area contributed by atoms with Gasteiger partial charge in [-0.25, -0.2) is 9.18 Å². The Kier molecular flexibility index (Phi) is 5.76. The molecule has 0 radical (unpaired) electrons. The van der Waals surface area contributed by atoms with Crippen LogP contribution in [0.5, 0.6) is 0 Å². The number of amidine groups is 1. The molecule has 1 aliphatic rings. The van der Waals surface area contributed by atoms with Crippen molar-refractivity contribution in [3.8, 4) is 0 Å². The topological polar surface area (TPSA) is 172 Å². The van der Waals surface area contributed by atoms with Crippen LogP contribution in [0.15, 0.2) is 4.99 Å². The number of carboxylic acids is 1. The summed E-state index contributed by atoms with van der Waals surface area (Å²) < 4.78 is 32.9. The Hall–Kier alpha value is -1.40. The number of aliphatic hydroxyl groups excluding tert-OH is 3. The summed E-state index contributed by atoms with van der Waals surface area (Å²) in [7, 11) is 0. The lowest BCUT2D eigenvalue weighted by Crippen LogP contribution is -2.69. The number of aliphatic imine (C=N–C) groups is 1. The van der Waals surface area contributed by atoms with Crippen LogP contribution in [-0.4, -0.2) is 81.3 Å². The summed E-state index contributed by atoms with van der Waals surface area (Å²) in [6.45, 7) is 0.326. The molecule has 0 aromatic heterocycles. The number of aliphatic carboxylic acids is 1. The first-order chi connectivity index (χ1) is 10.1. The summed E-state index contributed by atoms with van der Waals surface area (Å²) >= 11 is 0. The van der Waals surface area contributed by atoms with Crippen LogP contribution < -0.4 is 11.5 Å². The highest BCUT2D eigenvalue weighted by Crippen LogP contribution is 2.36. The predicted octanol–water partition coefficient (Wildman–Crippen LogP) is -2.74. The molecule has 0 spiro atoms. The number of carbonyl (C=O) groups is 1. The molecule has 0 aromatic carbocycles. The molecule has 22 heavy (non-hydrogen) atoms. The van der Waals surface area contributed by atoms with Crippen molar-refractivity contribution >= 4 is 11.8 Å². The third-order valence-electron chi connectivity index (χ3n) is 3.30. The maximum Gasteiger partial charge on any atom is 0.372 e. The monoisotopic (exact) mass is 327 g/mol. The first-order valence-electron chi connectivity index (χ1n) is 6.32. The maximum atomic E-state index is 14.3. The fourth-order valence-electron chi connectivity index (χ4n) is 2.13. The minimum absolute atomic E-state index is 0.186. The second-order valence-corrected chi connectivity index (χ2v) is 5.01. The minimum Gasteiger partial charge on any atom is -0.477 e. The molecule has 0 saturated carbocycles. The van der Waals surface area contributed by atoms with E-state index in [9.17, 15) is 23.8 Å². The average molecular weight is 327 g/mol. The summed E-state index contributed by atoms with van der Waals surface area (Å²) in [4.78, 5) is 14.5. The Bertz CT molecular complexity index is 450.